The van der Waals surface area contributed by atoms with Gasteiger partial charge in [0.25, 0.3) is 0 Å². The molecular weight excluding hydrogens is 210 g/mol. The largest absolute Gasteiger partial charge is 0.313 e. The summed E-state index contributed by atoms with van der Waals surface area (Å²) >= 11 is 0. The SMILES string of the molecule is CC1CCCC1NCCS(=O)(=O)C(C)C. The first-order valence-corrected chi connectivity index (χ1v) is 7.60. The molecule has 1 fully saturated rings. The maximum atomic E-state index is 11.5. The van der Waals surface area contributed by atoms with Crippen LogP contribution in [0.2, 0.25) is 0 Å². The van der Waals surface area contributed by atoms with Gasteiger partial charge in [-0.25, -0.2) is 8.42 Å². The number of hydrogen-bond donors (Lipinski definition) is 1. The van der Waals surface area contributed by atoms with E-state index in [1.807, 2.05) is 0 Å². The fourth-order valence-corrected chi connectivity index (χ4v) is 2.94. The molecule has 0 aromatic heterocycles. The van der Waals surface area contributed by atoms with Crippen LogP contribution in [0, 0.1) is 5.92 Å². The zero-order valence-electron chi connectivity index (χ0n) is 9.99. The molecule has 1 aliphatic rings. The van der Waals surface area contributed by atoms with Gasteiger partial charge in [-0.15, -0.1) is 0 Å². The van der Waals surface area contributed by atoms with Crippen molar-refractivity contribution in [3.8, 4) is 0 Å². The van der Waals surface area contributed by atoms with Gasteiger partial charge in [-0.1, -0.05) is 13.3 Å². The molecule has 0 aromatic rings. The van der Waals surface area contributed by atoms with E-state index in [2.05, 4.69) is 12.2 Å². The second-order valence-corrected chi connectivity index (χ2v) is 7.56. The highest BCUT2D eigenvalue weighted by Gasteiger charge is 2.23. The molecule has 1 saturated carbocycles. The zero-order chi connectivity index (χ0) is 11.5. The third-order valence-electron chi connectivity index (χ3n) is 3.37. The lowest BCUT2D eigenvalue weighted by molar-refractivity contribution is 0.436. The smallest absolute Gasteiger partial charge is 0.153 e. The number of sulfone groups is 1. The standard InChI is InChI=1S/C11H23NO2S/c1-9(2)15(13,14)8-7-12-11-6-4-5-10(11)3/h9-12H,4-8H2,1-3H3. The first-order valence-electron chi connectivity index (χ1n) is 5.88. The Hall–Kier alpha value is -0.0900. The molecule has 0 heterocycles. The minimum Gasteiger partial charge on any atom is -0.313 e. The van der Waals surface area contributed by atoms with Gasteiger partial charge in [0.05, 0.1) is 11.0 Å². The van der Waals surface area contributed by atoms with Gasteiger partial charge >= 0.3 is 0 Å². The van der Waals surface area contributed by atoms with Crippen molar-refractivity contribution in [1.29, 1.82) is 0 Å². The van der Waals surface area contributed by atoms with Crippen LogP contribution in [-0.4, -0.2) is 32.0 Å². The van der Waals surface area contributed by atoms with E-state index >= 15 is 0 Å². The maximum absolute atomic E-state index is 11.5. The van der Waals surface area contributed by atoms with Crippen molar-refractivity contribution in [2.75, 3.05) is 12.3 Å². The van der Waals surface area contributed by atoms with Gasteiger partial charge in [-0.3, -0.25) is 0 Å². The van der Waals surface area contributed by atoms with Gasteiger partial charge in [0, 0.05) is 12.6 Å². The van der Waals surface area contributed by atoms with Crippen molar-refractivity contribution >= 4 is 9.84 Å². The summed E-state index contributed by atoms with van der Waals surface area (Å²) in [5.74, 6) is 0.972. The van der Waals surface area contributed by atoms with Crippen molar-refractivity contribution in [2.45, 2.75) is 51.3 Å². The molecule has 0 amide bonds. The van der Waals surface area contributed by atoms with Crippen molar-refractivity contribution in [2.24, 2.45) is 5.92 Å². The predicted octanol–water partition coefficient (Wildman–Crippen LogP) is 1.59. The van der Waals surface area contributed by atoms with Crippen LogP contribution in [0.1, 0.15) is 40.0 Å². The first-order chi connectivity index (χ1) is 6.93. The molecule has 0 aliphatic heterocycles. The molecule has 15 heavy (non-hydrogen) atoms. The van der Waals surface area contributed by atoms with Gasteiger partial charge in [-0.2, -0.15) is 0 Å². The highest BCUT2D eigenvalue weighted by molar-refractivity contribution is 7.92. The Bertz CT molecular complexity index is 285. The van der Waals surface area contributed by atoms with Crippen LogP contribution in [-0.2, 0) is 9.84 Å². The van der Waals surface area contributed by atoms with E-state index in [1.54, 1.807) is 13.8 Å². The van der Waals surface area contributed by atoms with E-state index in [9.17, 15) is 8.42 Å². The van der Waals surface area contributed by atoms with E-state index in [0.717, 1.165) is 0 Å². The number of nitrogens with one attached hydrogen (secondary N) is 1. The van der Waals surface area contributed by atoms with Gasteiger partial charge < -0.3 is 5.32 Å². The summed E-state index contributed by atoms with van der Waals surface area (Å²) < 4.78 is 23.1. The van der Waals surface area contributed by atoms with Crippen LogP contribution < -0.4 is 5.32 Å². The number of rotatable bonds is 5. The summed E-state index contributed by atoms with van der Waals surface area (Å²) in [6.07, 6.45) is 3.74. The summed E-state index contributed by atoms with van der Waals surface area (Å²) in [5, 5.41) is 3.11. The molecule has 4 heteroatoms. The van der Waals surface area contributed by atoms with E-state index in [-0.39, 0.29) is 11.0 Å². The molecule has 0 saturated heterocycles. The Morgan fingerprint density at radius 1 is 1.33 bits per heavy atom. The fraction of sp³-hybridized carbons (Fsp3) is 1.00. The predicted molar refractivity (Wildman–Crippen MR) is 63.7 cm³/mol. The van der Waals surface area contributed by atoms with Gasteiger partial charge in [0.2, 0.25) is 0 Å². The second-order valence-electron chi connectivity index (χ2n) is 4.88. The highest BCUT2D eigenvalue weighted by Crippen LogP contribution is 2.24. The third-order valence-corrected chi connectivity index (χ3v) is 5.58. The van der Waals surface area contributed by atoms with Crippen molar-refractivity contribution in [3.63, 3.8) is 0 Å². The molecule has 0 bridgehead atoms. The lowest BCUT2D eigenvalue weighted by atomic mass is 10.1. The van der Waals surface area contributed by atoms with Crippen LogP contribution in [0.15, 0.2) is 0 Å². The second kappa shape index (κ2) is 5.30. The quantitative estimate of drug-likeness (QED) is 0.784. The zero-order valence-corrected chi connectivity index (χ0v) is 10.8. The summed E-state index contributed by atoms with van der Waals surface area (Å²) in [6.45, 7) is 6.33. The monoisotopic (exact) mass is 233 g/mol. The van der Waals surface area contributed by atoms with Crippen LogP contribution in [0.3, 0.4) is 0 Å². The van der Waals surface area contributed by atoms with Crippen LogP contribution >= 0.6 is 0 Å². The van der Waals surface area contributed by atoms with Crippen LogP contribution in [0.4, 0.5) is 0 Å². The summed E-state index contributed by atoms with van der Waals surface area (Å²) in [6, 6.07) is 0.535. The van der Waals surface area contributed by atoms with Crippen molar-refractivity contribution in [1.82, 2.24) is 5.32 Å². The van der Waals surface area contributed by atoms with Gasteiger partial charge in [0.15, 0.2) is 9.84 Å². The van der Waals surface area contributed by atoms with E-state index in [4.69, 9.17) is 0 Å². The van der Waals surface area contributed by atoms with Crippen molar-refractivity contribution < 1.29 is 8.42 Å². The Kier molecular flexibility index (Phi) is 4.59. The Balaban J connectivity index is 2.27. The Morgan fingerprint density at radius 3 is 2.47 bits per heavy atom. The summed E-state index contributed by atoms with van der Waals surface area (Å²) in [7, 11) is -2.87. The molecular formula is C11H23NO2S. The van der Waals surface area contributed by atoms with E-state index in [0.29, 0.717) is 18.5 Å². The average molecular weight is 233 g/mol. The summed E-state index contributed by atoms with van der Waals surface area (Å²) in [5.41, 5.74) is 0. The molecule has 0 spiro atoms. The average Bonchev–Trinajstić information content (AvgIpc) is 2.51. The third kappa shape index (κ3) is 3.76. The van der Waals surface area contributed by atoms with Crippen LogP contribution in [0.5, 0.6) is 0 Å². The molecule has 2 unspecified atom stereocenters. The van der Waals surface area contributed by atoms with Crippen molar-refractivity contribution in [3.05, 3.63) is 0 Å². The fourth-order valence-electron chi connectivity index (χ4n) is 2.07. The van der Waals surface area contributed by atoms with E-state index in [1.165, 1.54) is 19.3 Å². The van der Waals surface area contributed by atoms with Gasteiger partial charge in [-0.05, 0) is 32.6 Å². The summed E-state index contributed by atoms with van der Waals surface area (Å²) in [4.78, 5) is 0. The topological polar surface area (TPSA) is 46.2 Å². The molecule has 3 nitrogen and oxygen atoms in total. The molecule has 1 N–H and O–H groups in total. The van der Waals surface area contributed by atoms with Crippen LogP contribution in [0.25, 0.3) is 0 Å². The minimum absolute atomic E-state index is 0.250. The molecule has 90 valence electrons. The molecule has 1 rings (SSSR count). The van der Waals surface area contributed by atoms with Gasteiger partial charge in [0.1, 0.15) is 0 Å². The lowest BCUT2D eigenvalue weighted by Crippen LogP contribution is -2.36. The molecule has 2 atom stereocenters. The Labute approximate surface area is 93.6 Å². The highest BCUT2D eigenvalue weighted by atomic mass is 32.2. The molecule has 0 aromatic carbocycles. The lowest BCUT2D eigenvalue weighted by Gasteiger charge is -2.17. The normalized spacial score (nSPS) is 27.5. The Morgan fingerprint density at radius 2 is 2.00 bits per heavy atom. The minimum atomic E-state index is -2.87. The van der Waals surface area contributed by atoms with E-state index < -0.39 is 9.84 Å². The first kappa shape index (κ1) is 13.0. The molecule has 1 aliphatic carbocycles. The molecule has 0 radical (unpaired) electrons. The maximum Gasteiger partial charge on any atom is 0.153 e. The number of hydrogen-bond acceptors (Lipinski definition) is 3.